The number of nitro benzene ring substituents is 1. The van der Waals surface area contributed by atoms with Gasteiger partial charge in [-0.3, -0.25) is 10.1 Å². The van der Waals surface area contributed by atoms with Crippen LogP contribution in [0.15, 0.2) is 84.9 Å². The van der Waals surface area contributed by atoms with Crippen molar-refractivity contribution in [1.82, 2.24) is 5.32 Å². The van der Waals surface area contributed by atoms with Crippen LogP contribution < -0.4 is 15.4 Å². The second-order valence-electron chi connectivity index (χ2n) is 7.95. The first-order chi connectivity index (χ1) is 16.1. The minimum absolute atomic E-state index is 0. The molecule has 4 aromatic rings. The Kier molecular flexibility index (Phi) is 8.85. The molecule has 0 saturated heterocycles. The number of aryl methyl sites for hydroxylation is 1. The summed E-state index contributed by atoms with van der Waals surface area (Å²) in [5.74, 6) is 0.880. The summed E-state index contributed by atoms with van der Waals surface area (Å²) in [6.45, 7) is 4.70. The van der Waals surface area contributed by atoms with Crippen LogP contribution in [0, 0.1) is 17.0 Å². The molecule has 0 aliphatic carbocycles. The molecule has 34 heavy (non-hydrogen) atoms. The van der Waals surface area contributed by atoms with Gasteiger partial charge in [0.1, 0.15) is 12.4 Å². The van der Waals surface area contributed by atoms with Crippen LogP contribution in [0.3, 0.4) is 0 Å². The Morgan fingerprint density at radius 1 is 0.882 bits per heavy atom. The molecule has 7 heteroatoms. The Morgan fingerprint density at radius 2 is 1.62 bits per heavy atom. The van der Waals surface area contributed by atoms with E-state index in [1.165, 1.54) is 28.5 Å². The SMILES string of the molecule is Cc1ccc(COc2ccc3ccccc3c2CNCCNc2ccc([N+](=O)[O-])cc2)cc1.Cl. The smallest absolute Gasteiger partial charge is 0.269 e. The molecule has 0 fully saturated rings. The van der Waals surface area contributed by atoms with Gasteiger partial charge >= 0.3 is 0 Å². The number of halogens is 1. The second kappa shape index (κ2) is 12.0. The quantitative estimate of drug-likeness (QED) is 0.160. The Morgan fingerprint density at radius 3 is 2.35 bits per heavy atom. The van der Waals surface area contributed by atoms with E-state index in [2.05, 4.69) is 60.0 Å². The van der Waals surface area contributed by atoms with E-state index < -0.39 is 4.92 Å². The first-order valence-electron chi connectivity index (χ1n) is 11.0. The first kappa shape index (κ1) is 25.0. The summed E-state index contributed by atoms with van der Waals surface area (Å²) in [6, 6.07) is 27.3. The molecule has 4 rings (SSSR count). The molecular weight excluding hydrogens is 450 g/mol. The van der Waals surface area contributed by atoms with Crippen molar-refractivity contribution in [3.8, 4) is 5.75 Å². The zero-order valence-electron chi connectivity index (χ0n) is 19.0. The van der Waals surface area contributed by atoms with E-state index in [4.69, 9.17) is 4.74 Å². The lowest BCUT2D eigenvalue weighted by Crippen LogP contribution is -2.22. The summed E-state index contributed by atoms with van der Waals surface area (Å²) in [5, 5.41) is 19.9. The molecule has 0 aromatic heterocycles. The van der Waals surface area contributed by atoms with Crippen LogP contribution in [0.5, 0.6) is 5.75 Å². The lowest BCUT2D eigenvalue weighted by atomic mass is 10.0. The van der Waals surface area contributed by atoms with E-state index in [9.17, 15) is 10.1 Å². The number of benzene rings is 4. The minimum Gasteiger partial charge on any atom is -0.489 e. The van der Waals surface area contributed by atoms with Crippen molar-refractivity contribution in [2.75, 3.05) is 18.4 Å². The molecule has 4 aromatic carbocycles. The number of anilines is 1. The van der Waals surface area contributed by atoms with Gasteiger partial charge in [0.25, 0.3) is 5.69 Å². The molecule has 0 aliphatic heterocycles. The number of hydrogen-bond acceptors (Lipinski definition) is 5. The van der Waals surface area contributed by atoms with Gasteiger partial charge in [0.05, 0.1) is 4.92 Å². The van der Waals surface area contributed by atoms with Crippen LogP contribution in [-0.2, 0) is 13.2 Å². The van der Waals surface area contributed by atoms with Gasteiger partial charge in [0, 0.05) is 43.0 Å². The van der Waals surface area contributed by atoms with Crippen LogP contribution in [0.4, 0.5) is 11.4 Å². The fourth-order valence-electron chi connectivity index (χ4n) is 3.69. The van der Waals surface area contributed by atoms with Gasteiger partial charge in [-0.1, -0.05) is 60.2 Å². The number of nitrogens with one attached hydrogen (secondary N) is 2. The molecule has 0 saturated carbocycles. The number of rotatable bonds is 10. The summed E-state index contributed by atoms with van der Waals surface area (Å²) in [7, 11) is 0. The number of fused-ring (bicyclic) bond motifs is 1. The number of nitro groups is 1. The molecule has 0 atom stereocenters. The van der Waals surface area contributed by atoms with Gasteiger partial charge in [0.15, 0.2) is 0 Å². The van der Waals surface area contributed by atoms with Crippen molar-refractivity contribution in [1.29, 1.82) is 0 Å². The predicted octanol–water partition coefficient (Wildman–Crippen LogP) is 6.26. The Labute approximate surface area is 205 Å². The third-order valence-corrected chi connectivity index (χ3v) is 5.52. The van der Waals surface area contributed by atoms with E-state index in [1.807, 2.05) is 18.2 Å². The van der Waals surface area contributed by atoms with Crippen LogP contribution in [0.2, 0.25) is 0 Å². The largest absolute Gasteiger partial charge is 0.489 e. The van der Waals surface area contributed by atoms with Crippen molar-refractivity contribution in [2.24, 2.45) is 0 Å². The minimum atomic E-state index is -0.395. The van der Waals surface area contributed by atoms with Crippen molar-refractivity contribution in [3.63, 3.8) is 0 Å². The molecule has 0 unspecified atom stereocenters. The highest BCUT2D eigenvalue weighted by atomic mass is 35.5. The van der Waals surface area contributed by atoms with E-state index >= 15 is 0 Å². The number of non-ortho nitro benzene ring substituents is 1. The third-order valence-electron chi connectivity index (χ3n) is 5.52. The molecule has 2 N–H and O–H groups in total. The fourth-order valence-corrected chi connectivity index (χ4v) is 3.69. The van der Waals surface area contributed by atoms with Gasteiger partial charge in [-0.05, 0) is 41.5 Å². The molecule has 0 bridgehead atoms. The maximum absolute atomic E-state index is 10.8. The monoisotopic (exact) mass is 477 g/mol. The average molecular weight is 478 g/mol. The van der Waals surface area contributed by atoms with Crippen molar-refractivity contribution in [2.45, 2.75) is 20.1 Å². The Bertz CT molecular complexity index is 1230. The lowest BCUT2D eigenvalue weighted by molar-refractivity contribution is -0.384. The zero-order chi connectivity index (χ0) is 23.0. The van der Waals surface area contributed by atoms with Crippen molar-refractivity contribution < 1.29 is 9.66 Å². The standard InChI is InChI=1S/C27H27N3O3.ClH/c1-20-6-8-21(9-7-20)19-33-27-15-10-22-4-2-3-5-25(22)26(27)18-28-16-17-29-23-11-13-24(14-12-23)30(31)32;/h2-15,28-29H,16-19H2,1H3;1H. The van der Waals surface area contributed by atoms with Gasteiger partial charge < -0.3 is 15.4 Å². The predicted molar refractivity (Wildman–Crippen MR) is 140 cm³/mol. The molecule has 0 amide bonds. The molecule has 176 valence electrons. The van der Waals surface area contributed by atoms with Crippen LogP contribution in [0.25, 0.3) is 10.8 Å². The van der Waals surface area contributed by atoms with Gasteiger partial charge in [-0.15, -0.1) is 12.4 Å². The second-order valence-corrected chi connectivity index (χ2v) is 7.95. The maximum atomic E-state index is 10.8. The van der Waals surface area contributed by atoms with Crippen LogP contribution >= 0.6 is 12.4 Å². The van der Waals surface area contributed by atoms with Crippen molar-refractivity contribution in [3.05, 3.63) is 112 Å². The molecular formula is C27H28ClN3O3. The topological polar surface area (TPSA) is 76.4 Å². The summed E-state index contributed by atoms with van der Waals surface area (Å²) < 4.78 is 6.22. The zero-order valence-corrected chi connectivity index (χ0v) is 19.8. The highest BCUT2D eigenvalue weighted by Crippen LogP contribution is 2.29. The normalized spacial score (nSPS) is 10.5. The van der Waals surface area contributed by atoms with Crippen LogP contribution in [0.1, 0.15) is 16.7 Å². The Balaban J connectivity index is 0.00000324. The van der Waals surface area contributed by atoms with Crippen molar-refractivity contribution >= 4 is 34.6 Å². The molecule has 0 radical (unpaired) electrons. The van der Waals surface area contributed by atoms with E-state index in [1.54, 1.807) is 12.1 Å². The average Bonchev–Trinajstić information content (AvgIpc) is 2.84. The number of ether oxygens (including phenoxy) is 1. The van der Waals surface area contributed by atoms with E-state index in [0.29, 0.717) is 19.7 Å². The highest BCUT2D eigenvalue weighted by Gasteiger charge is 2.09. The summed E-state index contributed by atoms with van der Waals surface area (Å²) in [4.78, 5) is 10.4. The highest BCUT2D eigenvalue weighted by molar-refractivity contribution is 5.87. The Hall–Kier alpha value is -3.61. The summed E-state index contributed by atoms with van der Waals surface area (Å²) >= 11 is 0. The molecule has 6 nitrogen and oxygen atoms in total. The summed E-state index contributed by atoms with van der Waals surface area (Å²) in [5.41, 5.74) is 4.45. The number of hydrogen-bond donors (Lipinski definition) is 2. The van der Waals surface area contributed by atoms with Gasteiger partial charge in [0.2, 0.25) is 0 Å². The maximum Gasteiger partial charge on any atom is 0.269 e. The lowest BCUT2D eigenvalue weighted by Gasteiger charge is -2.16. The first-order valence-corrected chi connectivity index (χ1v) is 11.0. The van der Waals surface area contributed by atoms with E-state index in [0.717, 1.165) is 29.1 Å². The molecule has 0 heterocycles. The van der Waals surface area contributed by atoms with Gasteiger partial charge in [-0.25, -0.2) is 0 Å². The molecule has 0 aliphatic rings. The van der Waals surface area contributed by atoms with E-state index in [-0.39, 0.29) is 18.1 Å². The molecule has 0 spiro atoms. The number of nitrogens with zero attached hydrogens (tertiary/aromatic N) is 1. The van der Waals surface area contributed by atoms with Gasteiger partial charge in [-0.2, -0.15) is 0 Å². The third kappa shape index (κ3) is 6.47. The fraction of sp³-hybridized carbons (Fsp3) is 0.185. The summed E-state index contributed by atoms with van der Waals surface area (Å²) in [6.07, 6.45) is 0. The van der Waals surface area contributed by atoms with Crippen LogP contribution in [-0.4, -0.2) is 18.0 Å².